The highest BCUT2D eigenvalue weighted by Crippen LogP contribution is 2.41. The fourth-order valence-electron chi connectivity index (χ4n) is 4.16. The number of amides is 1. The summed E-state index contributed by atoms with van der Waals surface area (Å²) in [7, 11) is 1.33. The lowest BCUT2D eigenvalue weighted by Crippen LogP contribution is -2.45. The lowest BCUT2D eigenvalue weighted by molar-refractivity contribution is -0.142. The van der Waals surface area contributed by atoms with Gasteiger partial charge in [-0.2, -0.15) is 0 Å². The monoisotopic (exact) mass is 435 g/mol. The van der Waals surface area contributed by atoms with Crippen molar-refractivity contribution in [3.63, 3.8) is 0 Å². The van der Waals surface area contributed by atoms with E-state index in [1.54, 1.807) is 30.0 Å². The van der Waals surface area contributed by atoms with E-state index in [1.807, 2.05) is 50.2 Å². The minimum absolute atomic E-state index is 0.0932. The average molecular weight is 436 g/mol. The van der Waals surface area contributed by atoms with E-state index in [-0.39, 0.29) is 18.1 Å². The van der Waals surface area contributed by atoms with Crippen LogP contribution in [0, 0.1) is 0 Å². The van der Waals surface area contributed by atoms with Crippen molar-refractivity contribution >= 4 is 17.8 Å². The number of benzene rings is 2. The van der Waals surface area contributed by atoms with Crippen molar-refractivity contribution in [2.45, 2.75) is 45.7 Å². The van der Waals surface area contributed by atoms with Gasteiger partial charge in [-0.05, 0) is 55.5 Å². The van der Waals surface area contributed by atoms with Gasteiger partial charge in [0.1, 0.15) is 5.57 Å². The van der Waals surface area contributed by atoms with Crippen LogP contribution in [0.2, 0.25) is 0 Å². The Morgan fingerprint density at radius 2 is 1.66 bits per heavy atom. The molecule has 1 heterocycles. The second-order valence-corrected chi connectivity index (χ2v) is 7.95. The van der Waals surface area contributed by atoms with Crippen LogP contribution in [0.15, 0.2) is 65.7 Å². The van der Waals surface area contributed by atoms with Crippen LogP contribution < -0.4 is 0 Å². The molecule has 6 nitrogen and oxygen atoms in total. The van der Waals surface area contributed by atoms with Gasteiger partial charge in [-0.1, -0.05) is 49.4 Å². The van der Waals surface area contributed by atoms with Crippen molar-refractivity contribution in [2.75, 3.05) is 13.7 Å². The molecule has 1 amide bonds. The summed E-state index contributed by atoms with van der Waals surface area (Å²) in [6.07, 6.45) is 0.973. The van der Waals surface area contributed by atoms with E-state index in [9.17, 15) is 14.4 Å². The molecule has 6 heteroatoms. The molecule has 0 radical (unpaired) electrons. The number of rotatable bonds is 8. The van der Waals surface area contributed by atoms with Gasteiger partial charge in [0.05, 0.1) is 24.8 Å². The minimum Gasteiger partial charge on any atom is -0.465 e. The van der Waals surface area contributed by atoms with Gasteiger partial charge in [0.2, 0.25) is 0 Å². The van der Waals surface area contributed by atoms with Crippen LogP contribution in [-0.4, -0.2) is 42.0 Å². The Morgan fingerprint density at radius 3 is 2.28 bits per heavy atom. The first kappa shape index (κ1) is 23.3. The second-order valence-electron chi connectivity index (χ2n) is 7.95. The number of methoxy groups -OCH3 is 1. The summed E-state index contributed by atoms with van der Waals surface area (Å²) in [5.74, 6) is -1.36. The highest BCUT2D eigenvalue weighted by Gasteiger charge is 2.49. The fourth-order valence-corrected chi connectivity index (χ4v) is 4.16. The number of esters is 2. The molecule has 2 aromatic carbocycles. The molecule has 1 aliphatic heterocycles. The number of ether oxygens (including phenoxy) is 2. The molecule has 0 aliphatic carbocycles. The number of carbonyl (C=O) groups is 3. The zero-order chi connectivity index (χ0) is 23.3. The Hall–Kier alpha value is -3.41. The molecule has 32 heavy (non-hydrogen) atoms. The summed E-state index contributed by atoms with van der Waals surface area (Å²) < 4.78 is 10.1. The van der Waals surface area contributed by atoms with E-state index < -0.39 is 17.5 Å². The maximum absolute atomic E-state index is 13.5. The maximum atomic E-state index is 13.5. The van der Waals surface area contributed by atoms with Gasteiger partial charge >= 0.3 is 11.9 Å². The molecule has 0 spiro atoms. The van der Waals surface area contributed by atoms with Crippen molar-refractivity contribution in [3.8, 4) is 0 Å². The van der Waals surface area contributed by atoms with E-state index in [1.165, 1.54) is 7.11 Å². The molecule has 2 aromatic rings. The predicted molar refractivity (Wildman–Crippen MR) is 121 cm³/mol. The quantitative estimate of drug-likeness (QED) is 0.461. The van der Waals surface area contributed by atoms with E-state index in [0.29, 0.717) is 30.5 Å². The average Bonchev–Trinajstić information content (AvgIpc) is 3.01. The zero-order valence-electron chi connectivity index (χ0n) is 19.0. The van der Waals surface area contributed by atoms with Gasteiger partial charge in [-0.3, -0.25) is 4.79 Å². The van der Waals surface area contributed by atoms with Gasteiger partial charge in [0.25, 0.3) is 5.91 Å². The Morgan fingerprint density at radius 1 is 0.969 bits per heavy atom. The van der Waals surface area contributed by atoms with Gasteiger partial charge < -0.3 is 14.4 Å². The summed E-state index contributed by atoms with van der Waals surface area (Å²) in [6.45, 7) is 6.28. The van der Waals surface area contributed by atoms with Crippen LogP contribution in [-0.2, 0) is 32.0 Å². The largest absolute Gasteiger partial charge is 0.465 e. The van der Waals surface area contributed by atoms with Crippen LogP contribution in [0.1, 0.15) is 48.7 Å². The predicted octanol–water partition coefficient (Wildman–Crippen LogP) is 4.09. The lowest BCUT2D eigenvalue weighted by atomic mass is 9.83. The SMILES string of the molecule is CCOC(=O)C1=C(Cc2cccc(C(=O)OC)c2)C(C)(CC)N(Cc2ccccc2)C1=O. The molecule has 0 saturated carbocycles. The summed E-state index contributed by atoms with van der Waals surface area (Å²) >= 11 is 0. The van der Waals surface area contributed by atoms with Gasteiger partial charge in [-0.25, -0.2) is 9.59 Å². The number of carbonyl (C=O) groups excluding carboxylic acids is 3. The first-order chi connectivity index (χ1) is 15.3. The molecule has 0 aromatic heterocycles. The smallest absolute Gasteiger partial charge is 0.343 e. The van der Waals surface area contributed by atoms with E-state index >= 15 is 0 Å². The molecule has 1 unspecified atom stereocenters. The molecule has 1 aliphatic rings. The summed E-state index contributed by atoms with van der Waals surface area (Å²) in [4.78, 5) is 40.1. The molecule has 168 valence electrons. The third-order valence-corrected chi connectivity index (χ3v) is 6.09. The molecular weight excluding hydrogens is 406 g/mol. The number of hydrogen-bond acceptors (Lipinski definition) is 5. The Balaban J connectivity index is 2.06. The van der Waals surface area contributed by atoms with E-state index in [0.717, 1.165) is 11.1 Å². The van der Waals surface area contributed by atoms with Crippen LogP contribution in [0.4, 0.5) is 0 Å². The van der Waals surface area contributed by atoms with Crippen LogP contribution in [0.3, 0.4) is 0 Å². The standard InChI is InChI=1S/C26H29NO5/c1-5-26(3)21(16-19-13-10-14-20(15-19)24(29)31-4)22(25(30)32-6-2)23(28)27(26)17-18-11-8-7-9-12-18/h7-15H,5-6,16-17H2,1-4H3. The van der Waals surface area contributed by atoms with Crippen molar-refractivity contribution < 1.29 is 23.9 Å². The summed E-state index contributed by atoms with van der Waals surface area (Å²) in [5, 5.41) is 0. The molecule has 0 saturated heterocycles. The van der Waals surface area contributed by atoms with E-state index in [2.05, 4.69) is 0 Å². The van der Waals surface area contributed by atoms with Crippen molar-refractivity contribution in [1.29, 1.82) is 0 Å². The van der Waals surface area contributed by atoms with Crippen molar-refractivity contribution in [2.24, 2.45) is 0 Å². The third kappa shape index (κ3) is 4.44. The lowest BCUT2D eigenvalue weighted by Gasteiger charge is -2.37. The minimum atomic E-state index is -0.670. The second kappa shape index (κ2) is 9.81. The summed E-state index contributed by atoms with van der Waals surface area (Å²) in [6, 6.07) is 16.8. The van der Waals surface area contributed by atoms with Crippen LogP contribution >= 0.6 is 0 Å². The summed E-state index contributed by atoms with van der Waals surface area (Å²) in [5.41, 5.74) is 2.36. The Kier molecular flexibility index (Phi) is 7.13. The Bertz CT molecular complexity index is 1040. The van der Waals surface area contributed by atoms with Gasteiger partial charge in [-0.15, -0.1) is 0 Å². The number of nitrogens with zero attached hydrogens (tertiary/aromatic N) is 1. The molecule has 0 fully saturated rings. The molecule has 1 atom stereocenters. The first-order valence-corrected chi connectivity index (χ1v) is 10.8. The van der Waals surface area contributed by atoms with E-state index in [4.69, 9.17) is 9.47 Å². The topological polar surface area (TPSA) is 72.9 Å². The zero-order valence-corrected chi connectivity index (χ0v) is 19.0. The van der Waals surface area contributed by atoms with Crippen molar-refractivity contribution in [3.05, 3.63) is 82.4 Å². The normalized spacial score (nSPS) is 18.1. The fraction of sp³-hybridized carbons (Fsp3) is 0.346. The van der Waals surface area contributed by atoms with Crippen LogP contribution in [0.5, 0.6) is 0 Å². The first-order valence-electron chi connectivity index (χ1n) is 10.8. The Labute approximate surface area is 188 Å². The molecular formula is C26H29NO5. The van der Waals surface area contributed by atoms with Gasteiger partial charge in [0, 0.05) is 6.54 Å². The van der Waals surface area contributed by atoms with Crippen molar-refractivity contribution in [1.82, 2.24) is 4.90 Å². The molecule has 0 N–H and O–H groups in total. The van der Waals surface area contributed by atoms with Crippen LogP contribution in [0.25, 0.3) is 0 Å². The third-order valence-electron chi connectivity index (χ3n) is 6.09. The molecule has 0 bridgehead atoms. The van der Waals surface area contributed by atoms with Gasteiger partial charge in [0.15, 0.2) is 0 Å². The highest BCUT2D eigenvalue weighted by molar-refractivity contribution is 6.19. The maximum Gasteiger partial charge on any atom is 0.343 e. The molecule has 3 rings (SSSR count). The number of hydrogen-bond donors (Lipinski definition) is 0. The highest BCUT2D eigenvalue weighted by atomic mass is 16.5.